The molecule has 120 valence electrons. The summed E-state index contributed by atoms with van der Waals surface area (Å²) in [6.07, 6.45) is 3.58. The minimum atomic E-state index is -4.33. The molecule has 3 atom stereocenters. The maximum Gasteiger partial charge on any atom is 0.350 e. The Balaban J connectivity index is 2.20. The van der Waals surface area contributed by atoms with E-state index in [0.29, 0.717) is 5.56 Å². The van der Waals surface area contributed by atoms with E-state index in [1.54, 1.807) is 0 Å². The van der Waals surface area contributed by atoms with Crippen molar-refractivity contribution in [2.45, 2.75) is 31.8 Å². The van der Waals surface area contributed by atoms with Gasteiger partial charge in [-0.1, -0.05) is 5.92 Å². The average molecular weight is 330 g/mol. The highest BCUT2D eigenvalue weighted by molar-refractivity contribution is 7.51. The standard InChI is InChI=1S/C12H15N2O7P/c1-3-8-9(20-6-22(17,18)19)4-10(21-8)14-5-7(2)11(15)13-12(14)16/h1,5,8-10H,4,6H2,2H3,(H,13,15,16)(H2,17,18,19)/t8-,9+,10+/m0/s1. The average Bonchev–Trinajstić information content (AvgIpc) is 2.83. The topological polar surface area (TPSA) is 131 Å². The van der Waals surface area contributed by atoms with Crippen LogP contribution in [0.25, 0.3) is 0 Å². The first-order valence-electron chi connectivity index (χ1n) is 6.31. The van der Waals surface area contributed by atoms with Crippen LogP contribution < -0.4 is 11.2 Å². The molecular weight excluding hydrogens is 315 g/mol. The first kappa shape index (κ1) is 16.7. The molecule has 0 unspecified atom stereocenters. The highest BCUT2D eigenvalue weighted by Gasteiger charge is 2.37. The molecule has 2 heterocycles. The van der Waals surface area contributed by atoms with E-state index in [9.17, 15) is 14.2 Å². The molecule has 3 N–H and O–H groups in total. The van der Waals surface area contributed by atoms with Crippen molar-refractivity contribution < 1.29 is 23.8 Å². The van der Waals surface area contributed by atoms with Crippen LogP contribution in [0, 0.1) is 19.3 Å². The van der Waals surface area contributed by atoms with Gasteiger partial charge in [-0.3, -0.25) is 18.9 Å². The van der Waals surface area contributed by atoms with Gasteiger partial charge in [0.1, 0.15) is 24.8 Å². The van der Waals surface area contributed by atoms with Gasteiger partial charge in [0, 0.05) is 18.2 Å². The number of aromatic amines is 1. The highest BCUT2D eigenvalue weighted by atomic mass is 31.2. The molecule has 9 nitrogen and oxygen atoms in total. The van der Waals surface area contributed by atoms with Gasteiger partial charge >= 0.3 is 13.3 Å². The predicted octanol–water partition coefficient (Wildman–Crippen LogP) is -0.714. The number of terminal acetylenes is 1. The lowest BCUT2D eigenvalue weighted by atomic mass is 10.2. The molecule has 2 rings (SSSR count). The fourth-order valence-electron chi connectivity index (χ4n) is 2.11. The zero-order chi connectivity index (χ0) is 16.5. The monoisotopic (exact) mass is 330 g/mol. The van der Waals surface area contributed by atoms with Crippen LogP contribution >= 0.6 is 7.60 Å². The van der Waals surface area contributed by atoms with E-state index < -0.39 is 43.6 Å². The number of nitrogens with one attached hydrogen (secondary N) is 1. The Kier molecular flexibility index (Phi) is 4.70. The summed E-state index contributed by atoms with van der Waals surface area (Å²) in [6.45, 7) is 1.53. The summed E-state index contributed by atoms with van der Waals surface area (Å²) in [5.74, 6) is 2.31. The normalized spacial score (nSPS) is 25.1. The highest BCUT2D eigenvalue weighted by Crippen LogP contribution is 2.37. The lowest BCUT2D eigenvalue weighted by Crippen LogP contribution is -2.33. The second kappa shape index (κ2) is 6.20. The van der Waals surface area contributed by atoms with Gasteiger partial charge in [0.05, 0.1) is 0 Å². The second-order valence-corrected chi connectivity index (χ2v) is 6.48. The van der Waals surface area contributed by atoms with Crippen LogP contribution in [-0.4, -0.2) is 37.9 Å². The Morgan fingerprint density at radius 2 is 2.27 bits per heavy atom. The van der Waals surface area contributed by atoms with Gasteiger partial charge in [-0.25, -0.2) is 4.79 Å². The summed E-state index contributed by atoms with van der Waals surface area (Å²) >= 11 is 0. The van der Waals surface area contributed by atoms with Crippen LogP contribution in [0.3, 0.4) is 0 Å². The zero-order valence-corrected chi connectivity index (χ0v) is 12.5. The molecule has 1 aromatic rings. The maximum atomic E-state index is 11.8. The van der Waals surface area contributed by atoms with Gasteiger partial charge in [0.25, 0.3) is 5.56 Å². The van der Waals surface area contributed by atoms with Crippen molar-refractivity contribution in [3.8, 4) is 12.3 Å². The minimum absolute atomic E-state index is 0.125. The number of hydrogen-bond acceptors (Lipinski definition) is 5. The number of ether oxygens (including phenoxy) is 2. The van der Waals surface area contributed by atoms with Crippen molar-refractivity contribution >= 4 is 7.60 Å². The Morgan fingerprint density at radius 1 is 1.59 bits per heavy atom. The quantitative estimate of drug-likeness (QED) is 0.491. The summed E-state index contributed by atoms with van der Waals surface area (Å²) in [5, 5.41) is 0. The molecule has 1 aliphatic heterocycles. The molecule has 0 aromatic carbocycles. The Labute approximate surface area is 125 Å². The van der Waals surface area contributed by atoms with Gasteiger partial charge < -0.3 is 19.3 Å². The number of aromatic nitrogens is 2. The fraction of sp³-hybridized carbons (Fsp3) is 0.500. The summed E-state index contributed by atoms with van der Waals surface area (Å²) in [6, 6.07) is 0. The first-order valence-corrected chi connectivity index (χ1v) is 8.11. The third-order valence-corrected chi connectivity index (χ3v) is 3.64. The Morgan fingerprint density at radius 3 is 2.86 bits per heavy atom. The number of hydrogen-bond donors (Lipinski definition) is 3. The Bertz CT molecular complexity index is 756. The largest absolute Gasteiger partial charge is 0.362 e. The van der Waals surface area contributed by atoms with E-state index in [2.05, 4.69) is 10.9 Å². The lowest BCUT2D eigenvalue weighted by molar-refractivity contribution is -0.00364. The molecular formula is C12H15N2O7P. The van der Waals surface area contributed by atoms with Crippen LogP contribution in [0.4, 0.5) is 0 Å². The predicted molar refractivity (Wildman–Crippen MR) is 75.2 cm³/mol. The van der Waals surface area contributed by atoms with Crippen molar-refractivity contribution in [3.63, 3.8) is 0 Å². The summed E-state index contributed by atoms with van der Waals surface area (Å²) < 4.78 is 22.6. The summed E-state index contributed by atoms with van der Waals surface area (Å²) in [7, 11) is -4.33. The van der Waals surface area contributed by atoms with Gasteiger partial charge in [-0.15, -0.1) is 6.42 Å². The molecule has 10 heteroatoms. The van der Waals surface area contributed by atoms with Crippen LogP contribution in [0.2, 0.25) is 0 Å². The van der Waals surface area contributed by atoms with Crippen molar-refractivity contribution in [2.24, 2.45) is 0 Å². The maximum absolute atomic E-state index is 11.8. The molecule has 0 amide bonds. The molecule has 0 bridgehead atoms. The molecule has 0 saturated carbocycles. The van der Waals surface area contributed by atoms with E-state index in [4.69, 9.17) is 25.7 Å². The van der Waals surface area contributed by atoms with E-state index >= 15 is 0 Å². The summed E-state index contributed by atoms with van der Waals surface area (Å²) in [4.78, 5) is 43.0. The van der Waals surface area contributed by atoms with Crippen LogP contribution in [-0.2, 0) is 14.0 Å². The van der Waals surface area contributed by atoms with E-state index in [0.717, 1.165) is 0 Å². The molecule has 1 fully saturated rings. The SMILES string of the molecule is C#C[C@@H]1O[C@@H](n2cc(C)c(=O)[nH]c2=O)C[C@H]1OCP(=O)(O)O. The number of H-pyrrole nitrogens is 1. The molecule has 1 aromatic heterocycles. The van der Waals surface area contributed by atoms with Crippen molar-refractivity contribution in [2.75, 3.05) is 6.35 Å². The number of rotatable bonds is 4. The minimum Gasteiger partial charge on any atom is -0.362 e. The molecule has 0 radical (unpaired) electrons. The van der Waals surface area contributed by atoms with Gasteiger partial charge in [-0.2, -0.15) is 0 Å². The number of nitrogens with zero attached hydrogens (tertiary/aromatic N) is 1. The lowest BCUT2D eigenvalue weighted by Gasteiger charge is -2.14. The fourth-order valence-corrected chi connectivity index (χ4v) is 2.49. The number of aryl methyl sites for hydroxylation is 1. The molecule has 1 aliphatic rings. The van der Waals surface area contributed by atoms with E-state index in [1.807, 2.05) is 0 Å². The van der Waals surface area contributed by atoms with Crippen molar-refractivity contribution in [3.05, 3.63) is 32.6 Å². The van der Waals surface area contributed by atoms with Crippen LogP contribution in [0.15, 0.2) is 15.8 Å². The van der Waals surface area contributed by atoms with Crippen molar-refractivity contribution in [1.82, 2.24) is 9.55 Å². The van der Waals surface area contributed by atoms with Crippen LogP contribution in [0.1, 0.15) is 18.2 Å². The van der Waals surface area contributed by atoms with Gasteiger partial charge in [-0.05, 0) is 6.92 Å². The third-order valence-electron chi connectivity index (χ3n) is 3.15. The van der Waals surface area contributed by atoms with Crippen molar-refractivity contribution in [1.29, 1.82) is 0 Å². The van der Waals surface area contributed by atoms with Gasteiger partial charge in [0.2, 0.25) is 0 Å². The molecule has 0 aliphatic carbocycles. The van der Waals surface area contributed by atoms with Gasteiger partial charge in [0.15, 0.2) is 0 Å². The molecule has 22 heavy (non-hydrogen) atoms. The van der Waals surface area contributed by atoms with Crippen LogP contribution in [0.5, 0.6) is 0 Å². The molecule has 1 saturated heterocycles. The Hall–Kier alpha value is -1.69. The zero-order valence-electron chi connectivity index (χ0n) is 11.6. The third kappa shape index (κ3) is 3.74. The summed E-state index contributed by atoms with van der Waals surface area (Å²) in [5.41, 5.74) is -0.839. The van der Waals surface area contributed by atoms with E-state index in [-0.39, 0.29) is 6.42 Å². The second-order valence-electron chi connectivity index (χ2n) is 4.89. The smallest absolute Gasteiger partial charge is 0.350 e. The molecule has 0 spiro atoms. The first-order chi connectivity index (χ1) is 10.2. The van der Waals surface area contributed by atoms with E-state index in [1.165, 1.54) is 17.7 Å².